The van der Waals surface area contributed by atoms with Gasteiger partial charge in [-0.15, -0.1) is 0 Å². The SMILES string of the molecule is C=Cc1ccc([N+](=O)[O-])c(F)c1.O=[N+]([O-])c1ccc(C2CCN(Cc3ccccc3)C2)cc1F. The van der Waals surface area contributed by atoms with E-state index in [4.69, 9.17) is 0 Å². The largest absolute Gasteiger partial charge is 0.304 e. The highest BCUT2D eigenvalue weighted by atomic mass is 19.1. The molecule has 0 amide bonds. The van der Waals surface area contributed by atoms with Gasteiger partial charge in [-0.25, -0.2) is 0 Å². The lowest BCUT2D eigenvalue weighted by molar-refractivity contribution is -0.387. The average Bonchev–Trinajstić information content (AvgIpc) is 3.28. The molecule has 34 heavy (non-hydrogen) atoms. The zero-order valence-electron chi connectivity index (χ0n) is 18.3. The lowest BCUT2D eigenvalue weighted by atomic mass is 9.98. The quantitative estimate of drug-likeness (QED) is 0.323. The molecule has 1 unspecified atom stereocenters. The van der Waals surface area contributed by atoms with E-state index in [2.05, 4.69) is 23.6 Å². The molecule has 7 nitrogen and oxygen atoms in total. The molecule has 0 spiro atoms. The van der Waals surface area contributed by atoms with Gasteiger partial charge in [0.15, 0.2) is 0 Å². The smallest absolute Gasteiger partial charge is 0.298 e. The van der Waals surface area contributed by atoms with E-state index in [1.54, 1.807) is 6.07 Å². The molecule has 176 valence electrons. The van der Waals surface area contributed by atoms with E-state index in [0.29, 0.717) is 5.56 Å². The molecule has 1 aliphatic heterocycles. The first kappa shape index (κ1) is 24.7. The molecule has 1 saturated heterocycles. The number of nitrogens with zero attached hydrogens (tertiary/aromatic N) is 3. The van der Waals surface area contributed by atoms with Crippen LogP contribution in [0, 0.1) is 31.9 Å². The Morgan fingerprint density at radius 2 is 1.56 bits per heavy atom. The van der Waals surface area contributed by atoms with Gasteiger partial charge in [-0.3, -0.25) is 25.1 Å². The highest BCUT2D eigenvalue weighted by Gasteiger charge is 2.25. The summed E-state index contributed by atoms with van der Waals surface area (Å²) < 4.78 is 26.5. The Kier molecular flexibility index (Phi) is 8.15. The minimum absolute atomic E-state index is 0.235. The van der Waals surface area contributed by atoms with Crippen molar-refractivity contribution in [3.63, 3.8) is 0 Å². The van der Waals surface area contributed by atoms with Crippen molar-refractivity contribution in [1.82, 2.24) is 4.90 Å². The van der Waals surface area contributed by atoms with E-state index in [-0.39, 0.29) is 5.92 Å². The van der Waals surface area contributed by atoms with Crippen LogP contribution in [-0.4, -0.2) is 27.8 Å². The topological polar surface area (TPSA) is 89.5 Å². The van der Waals surface area contributed by atoms with E-state index >= 15 is 0 Å². The van der Waals surface area contributed by atoms with Gasteiger partial charge in [0.25, 0.3) is 0 Å². The molecule has 0 radical (unpaired) electrons. The van der Waals surface area contributed by atoms with Crippen LogP contribution in [-0.2, 0) is 6.54 Å². The minimum Gasteiger partial charge on any atom is -0.298 e. The van der Waals surface area contributed by atoms with Gasteiger partial charge in [0.05, 0.1) is 9.85 Å². The second-order valence-corrected chi connectivity index (χ2v) is 7.85. The zero-order valence-corrected chi connectivity index (χ0v) is 18.3. The third-order valence-electron chi connectivity index (χ3n) is 5.57. The second kappa shape index (κ2) is 11.2. The Hall–Kier alpha value is -3.98. The maximum absolute atomic E-state index is 13.7. The Morgan fingerprint density at radius 1 is 0.941 bits per heavy atom. The number of benzene rings is 3. The Morgan fingerprint density at radius 3 is 2.12 bits per heavy atom. The normalized spacial score (nSPS) is 15.3. The molecule has 0 saturated carbocycles. The van der Waals surface area contributed by atoms with Gasteiger partial charge in [0, 0.05) is 25.2 Å². The molecular formula is C25H23F2N3O4. The van der Waals surface area contributed by atoms with Crippen molar-refractivity contribution in [2.75, 3.05) is 13.1 Å². The summed E-state index contributed by atoms with van der Waals surface area (Å²) in [4.78, 5) is 21.7. The standard InChI is InChI=1S/C17H17FN2O2.C8H6FNO2/c18-16-10-14(6-7-17(16)20(21)22)15-8-9-19(12-15)11-13-4-2-1-3-5-13;1-2-6-3-4-8(10(11)12)7(9)5-6/h1-7,10,15H,8-9,11-12H2;2-5H,1H2. The van der Waals surface area contributed by atoms with Crippen molar-refractivity contribution in [2.45, 2.75) is 18.9 Å². The molecule has 1 aliphatic rings. The molecule has 4 rings (SSSR count). The summed E-state index contributed by atoms with van der Waals surface area (Å²) in [6.07, 6.45) is 2.37. The lowest BCUT2D eigenvalue weighted by Gasteiger charge is -2.16. The molecule has 1 heterocycles. The van der Waals surface area contributed by atoms with Crippen LogP contribution in [0.4, 0.5) is 20.2 Å². The van der Waals surface area contributed by atoms with E-state index in [9.17, 15) is 29.0 Å². The molecule has 0 aliphatic carbocycles. The minimum atomic E-state index is -0.836. The van der Waals surface area contributed by atoms with Crippen LogP contribution >= 0.6 is 0 Å². The van der Waals surface area contributed by atoms with Crippen LogP contribution in [0.2, 0.25) is 0 Å². The van der Waals surface area contributed by atoms with Gasteiger partial charge in [-0.2, -0.15) is 8.78 Å². The number of nitro benzene ring substituents is 2. The fraction of sp³-hybridized carbons (Fsp3) is 0.200. The summed E-state index contributed by atoms with van der Waals surface area (Å²) in [5.74, 6) is -1.35. The highest BCUT2D eigenvalue weighted by Crippen LogP contribution is 2.30. The highest BCUT2D eigenvalue weighted by molar-refractivity contribution is 5.50. The number of hydrogen-bond donors (Lipinski definition) is 0. The second-order valence-electron chi connectivity index (χ2n) is 7.85. The van der Waals surface area contributed by atoms with E-state index < -0.39 is 32.9 Å². The van der Waals surface area contributed by atoms with E-state index in [1.165, 1.54) is 29.8 Å². The van der Waals surface area contributed by atoms with Crippen molar-refractivity contribution < 1.29 is 18.6 Å². The molecular weight excluding hydrogens is 444 g/mol. The lowest BCUT2D eigenvalue weighted by Crippen LogP contribution is -2.19. The third kappa shape index (κ3) is 6.29. The van der Waals surface area contributed by atoms with Gasteiger partial charge in [0.2, 0.25) is 11.6 Å². The van der Waals surface area contributed by atoms with Gasteiger partial charge < -0.3 is 0 Å². The van der Waals surface area contributed by atoms with Crippen molar-refractivity contribution in [3.05, 3.63) is 122 Å². The first-order valence-corrected chi connectivity index (χ1v) is 10.5. The average molecular weight is 467 g/mol. The Bertz CT molecular complexity index is 1190. The maximum Gasteiger partial charge on any atom is 0.304 e. The Balaban J connectivity index is 0.000000229. The monoisotopic (exact) mass is 467 g/mol. The van der Waals surface area contributed by atoms with E-state index in [0.717, 1.165) is 43.8 Å². The van der Waals surface area contributed by atoms with Crippen molar-refractivity contribution in [3.8, 4) is 0 Å². The van der Waals surface area contributed by atoms with Gasteiger partial charge >= 0.3 is 11.4 Å². The number of hydrogen-bond acceptors (Lipinski definition) is 5. The summed E-state index contributed by atoms with van der Waals surface area (Å²) in [6, 6.07) is 18.1. The summed E-state index contributed by atoms with van der Waals surface area (Å²) >= 11 is 0. The maximum atomic E-state index is 13.7. The van der Waals surface area contributed by atoms with Crippen molar-refractivity contribution >= 4 is 17.5 Å². The van der Waals surface area contributed by atoms with Crippen LogP contribution in [0.1, 0.15) is 29.0 Å². The Labute approximate surface area is 195 Å². The zero-order chi connectivity index (χ0) is 24.7. The number of rotatable bonds is 6. The summed E-state index contributed by atoms with van der Waals surface area (Å²) in [5, 5.41) is 20.8. The van der Waals surface area contributed by atoms with Crippen LogP contribution in [0.5, 0.6) is 0 Å². The van der Waals surface area contributed by atoms with Crippen molar-refractivity contribution in [1.29, 1.82) is 0 Å². The van der Waals surface area contributed by atoms with Crippen LogP contribution < -0.4 is 0 Å². The number of likely N-dealkylation sites (tertiary alicyclic amines) is 1. The van der Waals surface area contributed by atoms with Gasteiger partial charge in [0.1, 0.15) is 0 Å². The predicted molar refractivity (Wildman–Crippen MR) is 125 cm³/mol. The fourth-order valence-corrected chi connectivity index (χ4v) is 3.81. The molecule has 0 aromatic heterocycles. The van der Waals surface area contributed by atoms with Crippen LogP contribution in [0.25, 0.3) is 6.08 Å². The first-order valence-electron chi connectivity index (χ1n) is 10.5. The third-order valence-corrected chi connectivity index (χ3v) is 5.57. The molecule has 1 atom stereocenters. The summed E-state index contributed by atoms with van der Waals surface area (Å²) in [6.45, 7) is 6.10. The van der Waals surface area contributed by atoms with Gasteiger partial charge in [-0.05, 0) is 53.8 Å². The number of halogens is 2. The molecule has 1 fully saturated rings. The molecule has 0 bridgehead atoms. The first-order chi connectivity index (χ1) is 16.3. The van der Waals surface area contributed by atoms with E-state index in [1.807, 2.05) is 18.2 Å². The molecule has 3 aromatic rings. The molecule has 3 aromatic carbocycles. The molecule has 0 N–H and O–H groups in total. The van der Waals surface area contributed by atoms with Crippen LogP contribution in [0.3, 0.4) is 0 Å². The molecule has 9 heteroatoms. The fourth-order valence-electron chi connectivity index (χ4n) is 3.81. The summed E-state index contributed by atoms with van der Waals surface area (Å²) in [7, 11) is 0. The number of nitro groups is 2. The van der Waals surface area contributed by atoms with Crippen LogP contribution in [0.15, 0.2) is 73.3 Å². The summed E-state index contributed by atoms with van der Waals surface area (Å²) in [5.41, 5.74) is 1.67. The predicted octanol–water partition coefficient (Wildman–Crippen LogP) is 6.10. The van der Waals surface area contributed by atoms with Crippen molar-refractivity contribution in [2.24, 2.45) is 0 Å². The van der Waals surface area contributed by atoms with Gasteiger partial charge in [-0.1, -0.05) is 49.1 Å².